The van der Waals surface area contributed by atoms with Crippen molar-refractivity contribution in [1.82, 2.24) is 5.32 Å². The van der Waals surface area contributed by atoms with Gasteiger partial charge in [-0.15, -0.1) is 0 Å². The zero-order chi connectivity index (χ0) is 13.2. The van der Waals surface area contributed by atoms with E-state index in [9.17, 15) is 13.2 Å². The Morgan fingerprint density at radius 2 is 1.72 bits per heavy atom. The van der Waals surface area contributed by atoms with E-state index in [1.165, 1.54) is 12.8 Å². The minimum atomic E-state index is -4.00. The second kappa shape index (κ2) is 5.49. The second-order valence-electron chi connectivity index (χ2n) is 5.55. The Morgan fingerprint density at radius 3 is 2.17 bits per heavy atom. The molecule has 2 aliphatic carbocycles. The second-order valence-corrected chi connectivity index (χ2v) is 5.55. The molecule has 2 rings (SSSR count). The van der Waals surface area contributed by atoms with E-state index in [2.05, 4.69) is 10.3 Å². The molecule has 2 nitrogen and oxygen atoms in total. The first-order chi connectivity index (χ1) is 8.49. The molecule has 1 N–H and O–H groups in total. The predicted octanol–water partition coefficient (Wildman–Crippen LogP) is 3.53. The van der Waals surface area contributed by atoms with Crippen LogP contribution in [0.4, 0.5) is 13.2 Å². The summed E-state index contributed by atoms with van der Waals surface area (Å²) in [6.07, 6.45) is 1.13. The third-order valence-electron chi connectivity index (χ3n) is 4.01. The van der Waals surface area contributed by atoms with E-state index >= 15 is 0 Å². The van der Waals surface area contributed by atoms with Crippen LogP contribution in [-0.4, -0.2) is 25.1 Å². The molecule has 0 spiro atoms. The molecular formula is C13H21F3N2. The summed E-state index contributed by atoms with van der Waals surface area (Å²) < 4.78 is 37.6. The lowest BCUT2D eigenvalue weighted by atomic mass is 9.80. The van der Waals surface area contributed by atoms with Gasteiger partial charge in [-0.3, -0.25) is 4.99 Å². The molecule has 0 aromatic carbocycles. The molecule has 2 aliphatic rings. The van der Waals surface area contributed by atoms with Gasteiger partial charge in [0.2, 0.25) is 0 Å². The highest BCUT2D eigenvalue weighted by molar-refractivity contribution is 5.82. The average molecular weight is 262 g/mol. The number of hydrogen-bond donors (Lipinski definition) is 1. The summed E-state index contributed by atoms with van der Waals surface area (Å²) in [6.45, 7) is 0. The number of nitrogens with zero attached hydrogens (tertiary/aromatic N) is 1. The van der Waals surface area contributed by atoms with Crippen molar-refractivity contribution >= 4 is 5.84 Å². The molecule has 0 atom stereocenters. The van der Waals surface area contributed by atoms with Crippen molar-refractivity contribution in [2.24, 2.45) is 16.8 Å². The summed E-state index contributed by atoms with van der Waals surface area (Å²) in [5.41, 5.74) is 0. The Morgan fingerprint density at radius 1 is 1.11 bits per heavy atom. The van der Waals surface area contributed by atoms with E-state index < -0.39 is 12.1 Å². The van der Waals surface area contributed by atoms with Crippen LogP contribution in [0.3, 0.4) is 0 Å². The highest BCUT2D eigenvalue weighted by Gasteiger charge is 2.41. The first kappa shape index (κ1) is 13.7. The maximum atomic E-state index is 12.5. The van der Waals surface area contributed by atoms with Gasteiger partial charge in [0, 0.05) is 19.5 Å². The van der Waals surface area contributed by atoms with E-state index in [1.54, 1.807) is 7.05 Å². The average Bonchev–Trinajstić information content (AvgIpc) is 3.11. The molecule has 0 bridgehead atoms. The minimum absolute atomic E-state index is 0.286. The normalized spacial score (nSPS) is 30.3. The van der Waals surface area contributed by atoms with E-state index in [1.807, 2.05) is 0 Å². The number of rotatable bonds is 3. The van der Waals surface area contributed by atoms with Crippen molar-refractivity contribution in [3.8, 4) is 0 Å². The number of nitrogens with one attached hydrogen (secondary N) is 1. The van der Waals surface area contributed by atoms with Crippen molar-refractivity contribution in [1.29, 1.82) is 0 Å². The van der Waals surface area contributed by atoms with Crippen LogP contribution < -0.4 is 5.32 Å². The molecule has 0 heterocycles. The van der Waals surface area contributed by atoms with Gasteiger partial charge in [-0.2, -0.15) is 13.2 Å². The molecule has 0 saturated heterocycles. The molecule has 104 valence electrons. The van der Waals surface area contributed by atoms with Crippen molar-refractivity contribution in [2.45, 2.75) is 57.2 Å². The summed E-state index contributed by atoms with van der Waals surface area (Å²) in [5.74, 6) is 0.272. The first-order valence-electron chi connectivity index (χ1n) is 6.78. The molecule has 2 fully saturated rings. The molecule has 2 saturated carbocycles. The van der Waals surface area contributed by atoms with Gasteiger partial charge in [-0.1, -0.05) is 0 Å². The van der Waals surface area contributed by atoms with Crippen LogP contribution in [0.5, 0.6) is 0 Å². The highest BCUT2D eigenvalue weighted by atomic mass is 19.4. The number of hydrogen-bond acceptors (Lipinski definition) is 1. The largest absolute Gasteiger partial charge is 0.391 e. The van der Waals surface area contributed by atoms with Crippen LogP contribution in [-0.2, 0) is 0 Å². The highest BCUT2D eigenvalue weighted by Crippen LogP contribution is 2.40. The molecule has 0 unspecified atom stereocenters. The maximum absolute atomic E-state index is 12.5. The molecule has 0 aromatic rings. The molecule has 0 aliphatic heterocycles. The Kier molecular flexibility index (Phi) is 4.17. The van der Waals surface area contributed by atoms with Crippen molar-refractivity contribution < 1.29 is 13.2 Å². The monoisotopic (exact) mass is 262 g/mol. The SMILES string of the molecule is CN=C(CC1CCC(C(F)(F)F)CC1)NC1CC1. The summed E-state index contributed by atoms with van der Waals surface area (Å²) in [7, 11) is 1.76. The number of halogens is 3. The molecule has 18 heavy (non-hydrogen) atoms. The molecule has 0 aromatic heterocycles. The fraction of sp³-hybridized carbons (Fsp3) is 0.923. The van der Waals surface area contributed by atoms with E-state index in [-0.39, 0.29) is 12.8 Å². The van der Waals surface area contributed by atoms with Gasteiger partial charge in [0.15, 0.2) is 0 Å². The van der Waals surface area contributed by atoms with Crippen LogP contribution >= 0.6 is 0 Å². The van der Waals surface area contributed by atoms with Crippen molar-refractivity contribution in [2.75, 3.05) is 7.05 Å². The smallest absolute Gasteiger partial charge is 0.371 e. The summed E-state index contributed by atoms with van der Waals surface area (Å²) >= 11 is 0. The lowest BCUT2D eigenvalue weighted by Crippen LogP contribution is -2.31. The van der Waals surface area contributed by atoms with Crippen molar-refractivity contribution in [3.05, 3.63) is 0 Å². The van der Waals surface area contributed by atoms with E-state index in [0.29, 0.717) is 24.8 Å². The van der Waals surface area contributed by atoms with Crippen LogP contribution in [0, 0.1) is 11.8 Å². The summed E-state index contributed by atoms with van der Waals surface area (Å²) in [4.78, 5) is 4.21. The lowest BCUT2D eigenvalue weighted by Gasteiger charge is -2.30. The maximum Gasteiger partial charge on any atom is 0.391 e. The number of aliphatic imine (C=N–C) groups is 1. The minimum Gasteiger partial charge on any atom is -0.371 e. The van der Waals surface area contributed by atoms with Crippen molar-refractivity contribution in [3.63, 3.8) is 0 Å². The van der Waals surface area contributed by atoms with Crippen LogP contribution in [0.15, 0.2) is 4.99 Å². The van der Waals surface area contributed by atoms with E-state index in [0.717, 1.165) is 12.3 Å². The lowest BCUT2D eigenvalue weighted by molar-refractivity contribution is -0.183. The standard InChI is InChI=1S/C13H21F3N2/c1-17-12(18-11-6-7-11)8-9-2-4-10(5-3-9)13(14,15)16/h9-11H,2-8H2,1H3,(H,17,18). The Hall–Kier alpha value is -0.740. The van der Waals surface area contributed by atoms with Gasteiger partial charge in [0.05, 0.1) is 11.8 Å². The van der Waals surface area contributed by atoms with Crippen LogP contribution in [0.25, 0.3) is 0 Å². The topological polar surface area (TPSA) is 24.4 Å². The predicted molar refractivity (Wildman–Crippen MR) is 65.6 cm³/mol. The third-order valence-corrected chi connectivity index (χ3v) is 4.01. The Labute approximate surface area is 106 Å². The fourth-order valence-electron chi connectivity index (χ4n) is 2.65. The zero-order valence-electron chi connectivity index (χ0n) is 10.8. The Bertz CT molecular complexity index is 300. The molecular weight excluding hydrogens is 241 g/mol. The first-order valence-corrected chi connectivity index (χ1v) is 6.78. The van der Waals surface area contributed by atoms with Gasteiger partial charge >= 0.3 is 6.18 Å². The zero-order valence-corrected chi connectivity index (χ0v) is 10.8. The summed E-state index contributed by atoms with van der Waals surface area (Å²) in [6, 6.07) is 0.565. The van der Waals surface area contributed by atoms with Crippen LogP contribution in [0.1, 0.15) is 44.9 Å². The van der Waals surface area contributed by atoms with Gasteiger partial charge in [-0.25, -0.2) is 0 Å². The quantitative estimate of drug-likeness (QED) is 0.610. The van der Waals surface area contributed by atoms with Gasteiger partial charge in [0.1, 0.15) is 0 Å². The number of amidine groups is 1. The van der Waals surface area contributed by atoms with Gasteiger partial charge in [0.25, 0.3) is 0 Å². The molecule has 0 radical (unpaired) electrons. The number of alkyl halides is 3. The third kappa shape index (κ3) is 3.89. The summed E-state index contributed by atoms with van der Waals surface area (Å²) in [5, 5.41) is 3.36. The van der Waals surface area contributed by atoms with Gasteiger partial charge in [-0.05, 0) is 44.4 Å². The Balaban J connectivity index is 1.75. The van der Waals surface area contributed by atoms with Crippen LogP contribution in [0.2, 0.25) is 0 Å². The molecule has 0 amide bonds. The van der Waals surface area contributed by atoms with E-state index in [4.69, 9.17) is 0 Å². The molecule has 5 heteroatoms. The fourth-order valence-corrected chi connectivity index (χ4v) is 2.65. The van der Waals surface area contributed by atoms with Gasteiger partial charge < -0.3 is 5.32 Å².